The lowest BCUT2D eigenvalue weighted by molar-refractivity contribution is 0.0985. The minimum absolute atomic E-state index is 0.130. The summed E-state index contributed by atoms with van der Waals surface area (Å²) in [7, 11) is 3.55. The monoisotopic (exact) mass is 296 g/mol. The van der Waals surface area contributed by atoms with Gasteiger partial charge in [0.2, 0.25) is 0 Å². The summed E-state index contributed by atoms with van der Waals surface area (Å²) in [6.45, 7) is 0.521. The molecular weight excluding hydrogens is 280 g/mol. The predicted octanol–water partition coefficient (Wildman–Crippen LogP) is 1.34. The van der Waals surface area contributed by atoms with Gasteiger partial charge in [-0.1, -0.05) is 0 Å². The number of carbonyl (C=O) groups is 1. The molecule has 0 fully saturated rings. The molecule has 7 heteroatoms. The van der Waals surface area contributed by atoms with Crippen molar-refractivity contribution in [3.63, 3.8) is 0 Å². The summed E-state index contributed by atoms with van der Waals surface area (Å²) in [6.07, 6.45) is 8.49. The van der Waals surface area contributed by atoms with Gasteiger partial charge < -0.3 is 9.47 Å². The van der Waals surface area contributed by atoms with Crippen molar-refractivity contribution in [1.29, 1.82) is 0 Å². The van der Waals surface area contributed by atoms with Gasteiger partial charge in [0.05, 0.1) is 24.6 Å². The van der Waals surface area contributed by atoms with Crippen LogP contribution in [-0.2, 0) is 13.6 Å². The number of hydrogen-bond donors (Lipinski definition) is 0. The molecule has 0 unspecified atom stereocenters. The van der Waals surface area contributed by atoms with Crippen LogP contribution < -0.4 is 4.90 Å². The maximum Gasteiger partial charge on any atom is 0.276 e. The fourth-order valence-electron chi connectivity index (χ4n) is 2.17. The summed E-state index contributed by atoms with van der Waals surface area (Å²) >= 11 is 0. The van der Waals surface area contributed by atoms with E-state index in [0.717, 1.165) is 11.5 Å². The first-order chi connectivity index (χ1) is 10.7. The molecule has 3 aromatic rings. The molecule has 0 aliphatic rings. The first-order valence-corrected chi connectivity index (χ1v) is 6.83. The largest absolute Gasteiger partial charge is 0.326 e. The Morgan fingerprint density at radius 2 is 2.14 bits per heavy atom. The third-order valence-electron chi connectivity index (χ3n) is 3.50. The van der Waals surface area contributed by atoms with E-state index in [-0.39, 0.29) is 5.91 Å². The van der Waals surface area contributed by atoms with E-state index in [1.54, 1.807) is 52.1 Å². The maximum absolute atomic E-state index is 12.6. The van der Waals surface area contributed by atoms with Crippen molar-refractivity contribution in [3.8, 4) is 0 Å². The normalized spacial score (nSPS) is 10.6. The molecule has 3 heterocycles. The number of carbonyl (C=O) groups excluding carboxylic acids is 1. The van der Waals surface area contributed by atoms with Gasteiger partial charge >= 0.3 is 0 Å². The van der Waals surface area contributed by atoms with Crippen LogP contribution in [-0.4, -0.2) is 37.3 Å². The van der Waals surface area contributed by atoms with Crippen LogP contribution in [0.15, 0.2) is 49.2 Å². The molecule has 0 spiro atoms. The highest BCUT2D eigenvalue weighted by Crippen LogP contribution is 2.14. The fourth-order valence-corrected chi connectivity index (χ4v) is 2.17. The fraction of sp³-hybridized carbons (Fsp3) is 0.200. The molecule has 0 aliphatic heterocycles. The average molecular weight is 296 g/mol. The van der Waals surface area contributed by atoms with Crippen LogP contribution in [0.1, 0.15) is 16.3 Å². The quantitative estimate of drug-likeness (QED) is 0.728. The highest BCUT2D eigenvalue weighted by atomic mass is 16.2. The molecule has 0 radical (unpaired) electrons. The van der Waals surface area contributed by atoms with E-state index in [1.165, 1.54) is 0 Å². The number of amides is 1. The smallest absolute Gasteiger partial charge is 0.276 e. The lowest BCUT2D eigenvalue weighted by Gasteiger charge is -2.17. The molecule has 0 aliphatic carbocycles. The molecule has 0 bridgehead atoms. The summed E-state index contributed by atoms with van der Waals surface area (Å²) in [5.41, 5.74) is 1.26. The van der Waals surface area contributed by atoms with Crippen LogP contribution in [0.25, 0.3) is 0 Å². The van der Waals surface area contributed by atoms with Gasteiger partial charge in [-0.15, -0.1) is 0 Å². The summed E-state index contributed by atoms with van der Waals surface area (Å²) in [4.78, 5) is 22.5. The Morgan fingerprint density at radius 1 is 1.27 bits per heavy atom. The van der Waals surface area contributed by atoms with E-state index in [9.17, 15) is 4.79 Å². The first kappa shape index (κ1) is 14.0. The number of anilines is 1. The SMILES string of the molecule is CN(C(=O)c1cnc(Cn2cccn2)n1C)c1cccnc1. The molecule has 3 rings (SSSR count). The molecule has 3 aromatic heterocycles. The molecule has 112 valence electrons. The third-order valence-corrected chi connectivity index (χ3v) is 3.50. The van der Waals surface area contributed by atoms with Gasteiger partial charge in [0, 0.05) is 32.7 Å². The van der Waals surface area contributed by atoms with E-state index in [1.807, 2.05) is 25.4 Å². The minimum atomic E-state index is -0.130. The predicted molar refractivity (Wildman–Crippen MR) is 81.5 cm³/mol. The zero-order valence-corrected chi connectivity index (χ0v) is 12.4. The summed E-state index contributed by atoms with van der Waals surface area (Å²) in [6, 6.07) is 5.49. The van der Waals surface area contributed by atoms with Crippen molar-refractivity contribution in [2.45, 2.75) is 6.54 Å². The minimum Gasteiger partial charge on any atom is -0.326 e. The number of nitrogens with zero attached hydrogens (tertiary/aromatic N) is 6. The van der Waals surface area contributed by atoms with Crippen LogP contribution >= 0.6 is 0 Å². The van der Waals surface area contributed by atoms with Gasteiger partial charge in [-0.2, -0.15) is 5.10 Å². The molecule has 7 nitrogen and oxygen atoms in total. The number of imidazole rings is 1. The lowest BCUT2D eigenvalue weighted by atomic mass is 10.3. The van der Waals surface area contributed by atoms with Crippen molar-refractivity contribution in [2.24, 2.45) is 7.05 Å². The summed E-state index contributed by atoms with van der Waals surface area (Å²) in [5, 5.41) is 4.15. The van der Waals surface area contributed by atoms with Crippen LogP contribution in [0.5, 0.6) is 0 Å². The van der Waals surface area contributed by atoms with Crippen LogP contribution in [0.3, 0.4) is 0 Å². The number of pyridine rings is 1. The topological polar surface area (TPSA) is 68.8 Å². The number of rotatable bonds is 4. The Balaban J connectivity index is 1.83. The van der Waals surface area contributed by atoms with Gasteiger partial charge in [-0.3, -0.25) is 14.5 Å². The Labute approximate surface area is 127 Å². The maximum atomic E-state index is 12.6. The van der Waals surface area contributed by atoms with Crippen LogP contribution in [0.4, 0.5) is 5.69 Å². The molecule has 0 saturated heterocycles. The van der Waals surface area contributed by atoms with E-state index >= 15 is 0 Å². The second kappa shape index (κ2) is 5.80. The number of aromatic nitrogens is 5. The molecular formula is C15H16N6O. The van der Waals surface area contributed by atoms with Gasteiger partial charge in [0.15, 0.2) is 0 Å². The van der Waals surface area contributed by atoms with Crippen molar-refractivity contribution in [3.05, 3.63) is 60.7 Å². The van der Waals surface area contributed by atoms with E-state index in [2.05, 4.69) is 15.1 Å². The second-order valence-corrected chi connectivity index (χ2v) is 4.90. The van der Waals surface area contributed by atoms with Crippen molar-refractivity contribution >= 4 is 11.6 Å². The van der Waals surface area contributed by atoms with E-state index in [0.29, 0.717) is 12.2 Å². The summed E-state index contributed by atoms with van der Waals surface area (Å²) in [5.74, 6) is 0.640. The highest BCUT2D eigenvalue weighted by molar-refractivity contribution is 6.04. The van der Waals surface area contributed by atoms with Gasteiger partial charge in [-0.05, 0) is 18.2 Å². The zero-order valence-electron chi connectivity index (χ0n) is 12.4. The van der Waals surface area contributed by atoms with Crippen LogP contribution in [0, 0.1) is 0 Å². The van der Waals surface area contributed by atoms with Crippen molar-refractivity contribution < 1.29 is 4.79 Å². The molecule has 0 atom stereocenters. The van der Waals surface area contributed by atoms with E-state index < -0.39 is 0 Å². The average Bonchev–Trinajstić information content (AvgIpc) is 3.18. The second-order valence-electron chi connectivity index (χ2n) is 4.90. The first-order valence-electron chi connectivity index (χ1n) is 6.83. The highest BCUT2D eigenvalue weighted by Gasteiger charge is 2.19. The zero-order chi connectivity index (χ0) is 15.5. The Bertz CT molecular complexity index is 763. The Hall–Kier alpha value is -2.96. The molecule has 0 N–H and O–H groups in total. The van der Waals surface area contributed by atoms with Gasteiger partial charge in [-0.25, -0.2) is 4.98 Å². The number of hydrogen-bond acceptors (Lipinski definition) is 4. The lowest BCUT2D eigenvalue weighted by Crippen LogP contribution is -2.28. The molecule has 0 saturated carbocycles. The molecule has 0 aromatic carbocycles. The van der Waals surface area contributed by atoms with Gasteiger partial charge in [0.25, 0.3) is 5.91 Å². The standard InChI is InChI=1S/C15H16N6O/c1-19(12-5-3-6-16-9-12)15(22)13-10-17-14(20(13)2)11-21-8-4-7-18-21/h3-10H,11H2,1-2H3. The molecule has 22 heavy (non-hydrogen) atoms. The Kier molecular flexibility index (Phi) is 3.69. The Morgan fingerprint density at radius 3 is 2.82 bits per heavy atom. The van der Waals surface area contributed by atoms with Gasteiger partial charge in [0.1, 0.15) is 11.5 Å². The third kappa shape index (κ3) is 2.60. The molecule has 1 amide bonds. The van der Waals surface area contributed by atoms with Crippen LogP contribution in [0.2, 0.25) is 0 Å². The van der Waals surface area contributed by atoms with Crippen molar-refractivity contribution in [1.82, 2.24) is 24.3 Å². The van der Waals surface area contributed by atoms with Crippen molar-refractivity contribution in [2.75, 3.05) is 11.9 Å². The summed E-state index contributed by atoms with van der Waals surface area (Å²) < 4.78 is 3.55. The van der Waals surface area contributed by atoms with E-state index in [4.69, 9.17) is 0 Å².